The highest BCUT2D eigenvalue weighted by Crippen LogP contribution is 2.35. The third-order valence-electron chi connectivity index (χ3n) is 4.23. The van der Waals surface area contributed by atoms with Crippen molar-refractivity contribution in [1.29, 1.82) is 0 Å². The summed E-state index contributed by atoms with van der Waals surface area (Å²) in [6.45, 7) is 0. The van der Waals surface area contributed by atoms with E-state index in [9.17, 15) is 10.2 Å². The predicted octanol–water partition coefficient (Wildman–Crippen LogP) is 2.71. The molecule has 2 atom stereocenters. The molecule has 2 aromatic carbocycles. The first-order valence-corrected chi connectivity index (χ1v) is 6.81. The van der Waals surface area contributed by atoms with Gasteiger partial charge in [-0.25, -0.2) is 0 Å². The van der Waals surface area contributed by atoms with Gasteiger partial charge in [0.1, 0.15) is 5.75 Å². The van der Waals surface area contributed by atoms with Crippen molar-refractivity contribution in [2.45, 2.75) is 31.4 Å². The van der Waals surface area contributed by atoms with Gasteiger partial charge in [-0.05, 0) is 53.3 Å². The van der Waals surface area contributed by atoms with Crippen LogP contribution in [0.3, 0.4) is 0 Å². The quantitative estimate of drug-likeness (QED) is 0.792. The predicted molar refractivity (Wildman–Crippen MR) is 75.9 cm³/mol. The zero-order valence-electron chi connectivity index (χ0n) is 10.8. The lowest BCUT2D eigenvalue weighted by Gasteiger charge is -2.33. The fraction of sp³-hybridized carbons (Fsp3) is 0.375. The van der Waals surface area contributed by atoms with Gasteiger partial charge in [0.05, 0.1) is 12.1 Å². The summed E-state index contributed by atoms with van der Waals surface area (Å²) in [5.74, 6) is 0.615. The number of aliphatic hydroxyl groups excluding tert-OH is 1. The van der Waals surface area contributed by atoms with Gasteiger partial charge in [-0.3, -0.25) is 0 Å². The molecule has 1 fully saturated rings. The van der Waals surface area contributed by atoms with E-state index < -0.39 is 6.10 Å². The fourth-order valence-electron chi connectivity index (χ4n) is 2.73. The van der Waals surface area contributed by atoms with Gasteiger partial charge in [0.2, 0.25) is 0 Å². The lowest BCUT2D eigenvalue weighted by Crippen LogP contribution is -2.36. The lowest BCUT2D eigenvalue weighted by atomic mass is 9.77. The molecule has 3 nitrogen and oxygen atoms in total. The van der Waals surface area contributed by atoms with Crippen molar-refractivity contribution in [2.24, 2.45) is 11.7 Å². The Balaban J connectivity index is 1.89. The number of phenolic OH excluding ortho intramolecular Hbond substituents is 1. The third-order valence-corrected chi connectivity index (χ3v) is 4.23. The molecule has 0 bridgehead atoms. The number of hydrogen-bond donors (Lipinski definition) is 3. The van der Waals surface area contributed by atoms with E-state index in [2.05, 4.69) is 0 Å². The molecule has 1 aliphatic carbocycles. The first kappa shape index (κ1) is 12.5. The number of benzene rings is 2. The monoisotopic (exact) mass is 257 g/mol. The first-order valence-electron chi connectivity index (χ1n) is 6.81. The molecule has 0 aromatic heterocycles. The van der Waals surface area contributed by atoms with E-state index in [0.717, 1.165) is 29.2 Å². The molecule has 4 N–H and O–H groups in total. The summed E-state index contributed by atoms with van der Waals surface area (Å²) in [5, 5.41) is 21.7. The van der Waals surface area contributed by atoms with Gasteiger partial charge in [0.15, 0.2) is 0 Å². The molecular weight excluding hydrogens is 238 g/mol. The van der Waals surface area contributed by atoms with Crippen LogP contribution in [0.25, 0.3) is 10.8 Å². The highest BCUT2D eigenvalue weighted by Gasteiger charge is 2.30. The van der Waals surface area contributed by atoms with Crippen molar-refractivity contribution >= 4 is 10.8 Å². The van der Waals surface area contributed by atoms with Crippen molar-refractivity contribution in [3.05, 3.63) is 42.0 Å². The van der Waals surface area contributed by atoms with E-state index in [1.807, 2.05) is 24.3 Å². The summed E-state index contributed by atoms with van der Waals surface area (Å²) in [6, 6.07) is 10.8. The van der Waals surface area contributed by atoms with Gasteiger partial charge >= 0.3 is 0 Å². The maximum absolute atomic E-state index is 10.2. The minimum absolute atomic E-state index is 0.263. The number of aliphatic hydroxyl groups is 1. The van der Waals surface area contributed by atoms with Crippen LogP contribution in [-0.2, 0) is 0 Å². The summed E-state index contributed by atoms with van der Waals surface area (Å²) in [6.07, 6.45) is 2.90. The zero-order valence-corrected chi connectivity index (χ0v) is 10.8. The largest absolute Gasteiger partial charge is 0.508 e. The van der Waals surface area contributed by atoms with Gasteiger partial charge in [0, 0.05) is 0 Å². The number of rotatable bonds is 3. The number of nitrogens with two attached hydrogens (primary N) is 1. The Bertz CT molecular complexity index is 592. The van der Waals surface area contributed by atoms with Crippen LogP contribution in [0.4, 0.5) is 0 Å². The summed E-state index contributed by atoms with van der Waals surface area (Å²) in [5.41, 5.74) is 7.13. The van der Waals surface area contributed by atoms with Crippen LogP contribution in [0.1, 0.15) is 30.9 Å². The third kappa shape index (κ3) is 2.31. The standard InChI is InChI=1S/C16H19NO2/c17-15(16(19)10-2-1-3-10)13-5-4-12-9-14(18)7-6-11(12)8-13/h4-10,15-16,18-19H,1-3,17H2/t15-,16+/m0/s1. The normalized spacial score (nSPS) is 19.1. The average Bonchev–Trinajstić information content (AvgIpc) is 2.35. The van der Waals surface area contributed by atoms with Crippen molar-refractivity contribution in [3.63, 3.8) is 0 Å². The molecule has 0 radical (unpaired) electrons. The number of phenols is 1. The molecule has 0 saturated heterocycles. The van der Waals surface area contributed by atoms with Crippen LogP contribution in [0.15, 0.2) is 36.4 Å². The van der Waals surface area contributed by atoms with Crippen LogP contribution < -0.4 is 5.73 Å². The van der Waals surface area contributed by atoms with E-state index in [1.54, 1.807) is 12.1 Å². The maximum Gasteiger partial charge on any atom is 0.116 e. The van der Waals surface area contributed by atoms with Gasteiger partial charge in [-0.2, -0.15) is 0 Å². The molecule has 0 unspecified atom stereocenters. The van der Waals surface area contributed by atoms with Crippen molar-refractivity contribution < 1.29 is 10.2 Å². The topological polar surface area (TPSA) is 66.5 Å². The van der Waals surface area contributed by atoms with Crippen LogP contribution in [0.2, 0.25) is 0 Å². The summed E-state index contributed by atoms with van der Waals surface area (Å²) in [7, 11) is 0. The lowest BCUT2D eigenvalue weighted by molar-refractivity contribution is 0.0414. The average molecular weight is 257 g/mol. The molecule has 0 heterocycles. The van der Waals surface area contributed by atoms with Crippen molar-refractivity contribution in [2.75, 3.05) is 0 Å². The number of fused-ring (bicyclic) bond motifs is 1. The van der Waals surface area contributed by atoms with Gasteiger partial charge in [0.25, 0.3) is 0 Å². The molecule has 0 amide bonds. The van der Waals surface area contributed by atoms with Crippen molar-refractivity contribution in [3.8, 4) is 5.75 Å². The Morgan fingerprint density at radius 3 is 2.42 bits per heavy atom. The van der Waals surface area contributed by atoms with E-state index in [0.29, 0.717) is 5.92 Å². The van der Waals surface area contributed by atoms with Crippen LogP contribution in [-0.4, -0.2) is 16.3 Å². The smallest absolute Gasteiger partial charge is 0.116 e. The van der Waals surface area contributed by atoms with Gasteiger partial charge in [-0.15, -0.1) is 0 Å². The van der Waals surface area contributed by atoms with Crippen LogP contribution >= 0.6 is 0 Å². The summed E-state index contributed by atoms with van der Waals surface area (Å²) >= 11 is 0. The highest BCUT2D eigenvalue weighted by atomic mass is 16.3. The fourth-order valence-corrected chi connectivity index (χ4v) is 2.73. The Kier molecular flexibility index (Phi) is 3.17. The second kappa shape index (κ2) is 4.83. The molecule has 100 valence electrons. The molecule has 3 rings (SSSR count). The Morgan fingerprint density at radius 2 is 1.74 bits per heavy atom. The van der Waals surface area contributed by atoms with Crippen LogP contribution in [0.5, 0.6) is 5.75 Å². The second-order valence-electron chi connectivity index (χ2n) is 5.50. The first-order chi connectivity index (χ1) is 9.15. The van der Waals surface area contributed by atoms with Gasteiger partial charge in [-0.1, -0.05) is 24.6 Å². The SMILES string of the molecule is N[C@@H](c1ccc2cc(O)ccc2c1)[C@H](O)C1CCC1. The molecule has 1 aliphatic rings. The van der Waals surface area contributed by atoms with Crippen LogP contribution in [0, 0.1) is 5.92 Å². The molecule has 1 saturated carbocycles. The molecule has 19 heavy (non-hydrogen) atoms. The Morgan fingerprint density at radius 1 is 1.05 bits per heavy atom. The van der Waals surface area contributed by atoms with Crippen molar-refractivity contribution in [1.82, 2.24) is 0 Å². The minimum atomic E-state index is -0.455. The Hall–Kier alpha value is -1.58. The number of hydrogen-bond acceptors (Lipinski definition) is 3. The summed E-state index contributed by atoms with van der Waals surface area (Å²) < 4.78 is 0. The molecule has 0 aliphatic heterocycles. The van der Waals surface area contributed by atoms with Gasteiger partial charge < -0.3 is 15.9 Å². The zero-order chi connectivity index (χ0) is 13.4. The highest BCUT2D eigenvalue weighted by molar-refractivity contribution is 5.84. The van der Waals surface area contributed by atoms with E-state index in [-0.39, 0.29) is 11.8 Å². The molecule has 3 heteroatoms. The van der Waals surface area contributed by atoms with E-state index in [1.165, 1.54) is 6.42 Å². The minimum Gasteiger partial charge on any atom is -0.508 e. The second-order valence-corrected chi connectivity index (χ2v) is 5.50. The molecular formula is C16H19NO2. The van der Waals surface area contributed by atoms with E-state index in [4.69, 9.17) is 5.73 Å². The maximum atomic E-state index is 10.2. The summed E-state index contributed by atoms with van der Waals surface area (Å²) in [4.78, 5) is 0. The molecule has 2 aromatic rings. The van der Waals surface area contributed by atoms with E-state index >= 15 is 0 Å². The number of aromatic hydroxyl groups is 1. The molecule has 0 spiro atoms. The Labute approximate surface area is 112 Å².